The van der Waals surface area contributed by atoms with Crippen LogP contribution in [0.5, 0.6) is 11.5 Å². The fraction of sp³-hybridized carbons (Fsp3) is 0.222. The maximum atomic E-state index is 10.5. The monoisotopic (exact) mass is 197 g/mol. The van der Waals surface area contributed by atoms with Gasteiger partial charge in [0.15, 0.2) is 0 Å². The fourth-order valence-electron chi connectivity index (χ4n) is 1.09. The summed E-state index contributed by atoms with van der Waals surface area (Å²) < 4.78 is 0. The van der Waals surface area contributed by atoms with Crippen LogP contribution >= 0.6 is 0 Å². The number of aromatic hydroxyl groups is 2. The van der Waals surface area contributed by atoms with E-state index in [4.69, 9.17) is 10.8 Å². The zero-order chi connectivity index (χ0) is 10.9. The Labute approximate surface area is 80.4 Å². The number of benzene rings is 1. The van der Waals surface area contributed by atoms with Crippen LogP contribution in [-0.4, -0.2) is 21.3 Å². The first-order valence-electron chi connectivity index (χ1n) is 3.94. The van der Waals surface area contributed by atoms with Crippen LogP contribution in [0.2, 0.25) is 0 Å². The molecule has 0 spiro atoms. The molecule has 1 unspecified atom stereocenters. The van der Waals surface area contributed by atoms with E-state index in [1.54, 1.807) is 6.92 Å². The first-order valence-corrected chi connectivity index (χ1v) is 3.94. The molecule has 0 aliphatic rings. The number of hydrogen-bond donors (Lipinski definition) is 4. The van der Waals surface area contributed by atoms with Gasteiger partial charge >= 0.3 is 5.97 Å². The second-order valence-electron chi connectivity index (χ2n) is 3.01. The number of rotatable bonds is 2. The molecule has 5 nitrogen and oxygen atoms in total. The molecule has 1 aromatic rings. The van der Waals surface area contributed by atoms with Crippen molar-refractivity contribution in [2.24, 2.45) is 5.73 Å². The van der Waals surface area contributed by atoms with Crippen LogP contribution < -0.4 is 5.73 Å². The summed E-state index contributed by atoms with van der Waals surface area (Å²) in [7, 11) is 0. The van der Waals surface area contributed by atoms with Crippen molar-refractivity contribution in [2.75, 3.05) is 0 Å². The summed E-state index contributed by atoms with van der Waals surface area (Å²) in [6.07, 6.45) is 0. The first kappa shape index (κ1) is 10.3. The molecule has 0 aliphatic carbocycles. The maximum absolute atomic E-state index is 10.5. The van der Waals surface area contributed by atoms with Gasteiger partial charge < -0.3 is 21.1 Å². The molecule has 1 aromatic carbocycles. The summed E-state index contributed by atoms with van der Waals surface area (Å²) in [6.45, 7) is 1.59. The molecule has 5 N–H and O–H groups in total. The predicted molar refractivity (Wildman–Crippen MR) is 49.1 cm³/mol. The largest absolute Gasteiger partial charge is 0.508 e. The van der Waals surface area contributed by atoms with E-state index in [0.29, 0.717) is 5.56 Å². The van der Waals surface area contributed by atoms with E-state index in [9.17, 15) is 15.0 Å². The molecule has 5 heteroatoms. The standard InChI is InChI=1S/C9H11NO4/c1-4-2-5(8(10)9(13)14)7(12)3-6(4)11/h2-3,8,11-12H,10H2,1H3,(H,13,14). The highest BCUT2D eigenvalue weighted by Gasteiger charge is 2.19. The number of phenols is 2. The topological polar surface area (TPSA) is 104 Å². The fourth-order valence-corrected chi connectivity index (χ4v) is 1.09. The van der Waals surface area contributed by atoms with Crippen LogP contribution in [0.1, 0.15) is 17.2 Å². The minimum atomic E-state index is -1.28. The van der Waals surface area contributed by atoms with Crippen LogP contribution in [0, 0.1) is 6.92 Å². The molecule has 0 saturated heterocycles. The lowest BCUT2D eigenvalue weighted by Crippen LogP contribution is -2.20. The van der Waals surface area contributed by atoms with Crippen LogP contribution in [-0.2, 0) is 4.79 Å². The molecule has 0 amide bonds. The lowest BCUT2D eigenvalue weighted by molar-refractivity contribution is -0.138. The second kappa shape index (κ2) is 3.55. The highest BCUT2D eigenvalue weighted by atomic mass is 16.4. The van der Waals surface area contributed by atoms with Crippen molar-refractivity contribution in [3.05, 3.63) is 23.3 Å². The summed E-state index contributed by atoms with van der Waals surface area (Å²) in [5.74, 6) is -1.64. The minimum absolute atomic E-state index is 0.0906. The Morgan fingerprint density at radius 1 is 1.36 bits per heavy atom. The third-order valence-corrected chi connectivity index (χ3v) is 1.95. The number of phenolic OH excluding ortho intramolecular Hbond substituents is 2. The Balaban J connectivity index is 3.22. The molecular formula is C9H11NO4. The van der Waals surface area contributed by atoms with Crippen molar-refractivity contribution in [3.63, 3.8) is 0 Å². The Morgan fingerprint density at radius 2 is 1.93 bits per heavy atom. The van der Waals surface area contributed by atoms with Gasteiger partial charge in [-0.05, 0) is 18.6 Å². The van der Waals surface area contributed by atoms with Crippen molar-refractivity contribution in [1.29, 1.82) is 0 Å². The zero-order valence-electron chi connectivity index (χ0n) is 7.56. The van der Waals surface area contributed by atoms with Gasteiger partial charge in [-0.25, -0.2) is 0 Å². The van der Waals surface area contributed by atoms with Gasteiger partial charge in [-0.2, -0.15) is 0 Å². The minimum Gasteiger partial charge on any atom is -0.508 e. The van der Waals surface area contributed by atoms with E-state index in [1.165, 1.54) is 6.07 Å². The predicted octanol–water partition coefficient (Wildman–Crippen LogP) is 0.491. The van der Waals surface area contributed by atoms with E-state index < -0.39 is 12.0 Å². The molecule has 0 fully saturated rings. The van der Waals surface area contributed by atoms with E-state index in [0.717, 1.165) is 6.07 Å². The van der Waals surface area contributed by atoms with E-state index >= 15 is 0 Å². The lowest BCUT2D eigenvalue weighted by atomic mass is 10.0. The van der Waals surface area contributed by atoms with E-state index in [-0.39, 0.29) is 17.1 Å². The van der Waals surface area contributed by atoms with Gasteiger partial charge in [-0.15, -0.1) is 0 Å². The number of carboxylic acid groups (broad SMARTS) is 1. The Bertz CT molecular complexity index is 375. The van der Waals surface area contributed by atoms with Gasteiger partial charge in [0, 0.05) is 11.6 Å². The molecule has 0 saturated carbocycles. The zero-order valence-corrected chi connectivity index (χ0v) is 7.56. The molecule has 0 aliphatic heterocycles. The number of hydrogen-bond acceptors (Lipinski definition) is 4. The van der Waals surface area contributed by atoms with Crippen molar-refractivity contribution in [3.8, 4) is 11.5 Å². The van der Waals surface area contributed by atoms with Gasteiger partial charge in [0.1, 0.15) is 17.5 Å². The van der Waals surface area contributed by atoms with Gasteiger partial charge in [-0.3, -0.25) is 4.79 Å². The third kappa shape index (κ3) is 1.77. The maximum Gasteiger partial charge on any atom is 0.325 e. The molecule has 0 heterocycles. The molecule has 0 radical (unpaired) electrons. The van der Waals surface area contributed by atoms with Gasteiger partial charge in [0.05, 0.1) is 0 Å². The quantitative estimate of drug-likeness (QED) is 0.552. The van der Waals surface area contributed by atoms with Gasteiger partial charge in [0.2, 0.25) is 0 Å². The number of aryl methyl sites for hydroxylation is 1. The average Bonchev–Trinajstić information content (AvgIpc) is 2.10. The Morgan fingerprint density at radius 3 is 2.43 bits per heavy atom. The second-order valence-corrected chi connectivity index (χ2v) is 3.01. The number of carboxylic acids is 1. The third-order valence-electron chi connectivity index (χ3n) is 1.95. The van der Waals surface area contributed by atoms with Crippen molar-refractivity contribution in [2.45, 2.75) is 13.0 Å². The number of nitrogens with two attached hydrogens (primary N) is 1. The normalized spacial score (nSPS) is 12.4. The van der Waals surface area contributed by atoms with Crippen LogP contribution in [0.25, 0.3) is 0 Å². The average molecular weight is 197 g/mol. The van der Waals surface area contributed by atoms with E-state index in [2.05, 4.69) is 0 Å². The highest BCUT2D eigenvalue weighted by molar-refractivity contribution is 5.76. The Kier molecular flexibility index (Phi) is 2.62. The van der Waals surface area contributed by atoms with Crippen molar-refractivity contribution < 1.29 is 20.1 Å². The summed E-state index contributed by atoms with van der Waals surface area (Å²) in [4.78, 5) is 10.5. The molecule has 14 heavy (non-hydrogen) atoms. The van der Waals surface area contributed by atoms with Crippen molar-refractivity contribution >= 4 is 5.97 Å². The van der Waals surface area contributed by atoms with Gasteiger partial charge in [-0.1, -0.05) is 0 Å². The highest BCUT2D eigenvalue weighted by Crippen LogP contribution is 2.30. The summed E-state index contributed by atoms with van der Waals surface area (Å²) >= 11 is 0. The molecular weight excluding hydrogens is 186 g/mol. The van der Waals surface area contributed by atoms with Crippen LogP contribution in [0.4, 0.5) is 0 Å². The first-order chi connectivity index (χ1) is 6.43. The van der Waals surface area contributed by atoms with Crippen molar-refractivity contribution in [1.82, 2.24) is 0 Å². The number of aliphatic carboxylic acids is 1. The SMILES string of the molecule is Cc1cc(C(N)C(=O)O)c(O)cc1O. The van der Waals surface area contributed by atoms with Crippen LogP contribution in [0.15, 0.2) is 12.1 Å². The number of carbonyl (C=O) groups is 1. The molecule has 1 atom stereocenters. The molecule has 1 rings (SSSR count). The van der Waals surface area contributed by atoms with Gasteiger partial charge in [0.25, 0.3) is 0 Å². The molecule has 0 bridgehead atoms. The summed E-state index contributed by atoms with van der Waals surface area (Å²) in [5.41, 5.74) is 5.87. The molecule has 76 valence electrons. The lowest BCUT2D eigenvalue weighted by Gasteiger charge is -2.10. The Hall–Kier alpha value is -1.75. The summed E-state index contributed by atoms with van der Waals surface area (Å²) in [5, 5.41) is 27.1. The van der Waals surface area contributed by atoms with Crippen LogP contribution in [0.3, 0.4) is 0 Å². The smallest absolute Gasteiger partial charge is 0.325 e. The molecule has 0 aromatic heterocycles. The van der Waals surface area contributed by atoms with E-state index in [1.807, 2.05) is 0 Å². The summed E-state index contributed by atoms with van der Waals surface area (Å²) in [6, 6.07) is 1.14.